The molecule has 0 spiro atoms. The maximum atomic E-state index is 3.90. The molecule has 1 aliphatic carbocycles. The van der Waals surface area contributed by atoms with Crippen LogP contribution in [0.1, 0.15) is 5.56 Å². The second-order valence-electron chi connectivity index (χ2n) is 4.48. The number of halogens is 6. The minimum Gasteiger partial charge on any atom is -0.0820 e. The summed E-state index contributed by atoms with van der Waals surface area (Å²) in [7, 11) is 0. The second kappa shape index (κ2) is 6.15. The summed E-state index contributed by atoms with van der Waals surface area (Å²) in [5.41, 5.74) is 1.27. The van der Waals surface area contributed by atoms with Gasteiger partial charge in [-0.15, -0.1) is 0 Å². The number of hydrogen-bond acceptors (Lipinski definition) is 0. The van der Waals surface area contributed by atoms with E-state index < -0.39 is 3.23 Å². The van der Waals surface area contributed by atoms with Crippen molar-refractivity contribution >= 4 is 95.6 Å². The van der Waals surface area contributed by atoms with Gasteiger partial charge in [0.15, 0.2) is 0 Å². The Morgan fingerprint density at radius 1 is 0.947 bits per heavy atom. The van der Waals surface area contributed by atoms with Crippen molar-refractivity contribution in [3.8, 4) is 0 Å². The highest BCUT2D eigenvalue weighted by Crippen LogP contribution is 2.63. The first-order valence-electron chi connectivity index (χ1n) is 5.52. The molecule has 0 heterocycles. The van der Waals surface area contributed by atoms with Crippen LogP contribution < -0.4 is 0 Å². The first kappa shape index (κ1) is 17.2. The zero-order valence-corrected chi connectivity index (χ0v) is 19.1. The molecule has 104 valence electrons. The lowest BCUT2D eigenvalue weighted by atomic mass is 9.89. The summed E-state index contributed by atoms with van der Waals surface area (Å²) in [6, 6.07) is 10.4. The van der Waals surface area contributed by atoms with Crippen LogP contribution in [0.4, 0.5) is 0 Å². The molecule has 0 saturated heterocycles. The molecule has 0 radical (unpaired) electrons. The number of hydrogen-bond donors (Lipinski definition) is 0. The highest BCUT2D eigenvalue weighted by molar-refractivity contribution is 9.31. The normalized spacial score (nSPS) is 32.2. The molecular formula is C13H10Br6. The number of alkyl halides is 6. The molecule has 0 nitrogen and oxygen atoms in total. The van der Waals surface area contributed by atoms with Gasteiger partial charge >= 0.3 is 0 Å². The van der Waals surface area contributed by atoms with Crippen LogP contribution in [0.25, 0.3) is 0 Å². The molecular weight excluding hydrogens is 636 g/mol. The molecule has 1 aliphatic rings. The second-order valence-corrected chi connectivity index (χ2v) is 13.9. The molecule has 0 N–H and O–H groups in total. The van der Waals surface area contributed by atoms with Crippen molar-refractivity contribution < 1.29 is 0 Å². The van der Waals surface area contributed by atoms with Crippen molar-refractivity contribution in [2.75, 3.05) is 0 Å². The minimum atomic E-state index is -0.404. The molecule has 0 saturated carbocycles. The average Bonchev–Trinajstić information content (AvgIpc) is 2.35. The van der Waals surface area contributed by atoms with Crippen molar-refractivity contribution in [2.45, 2.75) is 22.0 Å². The zero-order chi connectivity index (χ0) is 14.3. The summed E-state index contributed by atoms with van der Waals surface area (Å²) < 4.78 is -1.03. The molecule has 0 bridgehead atoms. The van der Waals surface area contributed by atoms with Crippen molar-refractivity contribution in [1.82, 2.24) is 0 Å². The van der Waals surface area contributed by atoms with Gasteiger partial charge in [0, 0.05) is 0 Å². The third-order valence-electron chi connectivity index (χ3n) is 3.12. The molecule has 19 heavy (non-hydrogen) atoms. The van der Waals surface area contributed by atoms with E-state index in [1.165, 1.54) is 5.56 Å². The Balaban J connectivity index is 2.40. The fourth-order valence-electron chi connectivity index (χ4n) is 1.98. The molecule has 0 amide bonds. The highest BCUT2D eigenvalue weighted by atomic mass is 79.9. The number of allylic oxidation sites excluding steroid dienone is 2. The van der Waals surface area contributed by atoms with Gasteiger partial charge in [0.05, 0.1) is 9.15 Å². The Labute approximate surface area is 163 Å². The first-order valence-corrected chi connectivity index (χ1v) is 10.4. The quantitative estimate of drug-likeness (QED) is 0.249. The van der Waals surface area contributed by atoms with Crippen LogP contribution in [0, 0.1) is 0 Å². The Kier molecular flexibility index (Phi) is 5.57. The Morgan fingerprint density at radius 2 is 1.53 bits per heavy atom. The molecule has 2 atom stereocenters. The summed E-state index contributed by atoms with van der Waals surface area (Å²) in [5, 5.41) is 0. The van der Waals surface area contributed by atoms with Crippen LogP contribution in [0.5, 0.6) is 0 Å². The van der Waals surface area contributed by atoms with E-state index in [0.717, 1.165) is 6.42 Å². The average molecular weight is 646 g/mol. The van der Waals surface area contributed by atoms with Gasteiger partial charge in [0.2, 0.25) is 0 Å². The smallest absolute Gasteiger partial charge is 0.0820 e. The van der Waals surface area contributed by atoms with E-state index in [-0.39, 0.29) is 12.4 Å². The summed E-state index contributed by atoms with van der Waals surface area (Å²) in [4.78, 5) is 0.153. The van der Waals surface area contributed by atoms with Crippen molar-refractivity contribution in [3.63, 3.8) is 0 Å². The van der Waals surface area contributed by atoms with Gasteiger partial charge < -0.3 is 0 Å². The van der Waals surface area contributed by atoms with Gasteiger partial charge in [-0.25, -0.2) is 0 Å². The summed E-state index contributed by atoms with van der Waals surface area (Å²) in [6.07, 6.45) is 5.19. The van der Waals surface area contributed by atoms with E-state index in [4.69, 9.17) is 0 Å². The van der Waals surface area contributed by atoms with Crippen LogP contribution >= 0.6 is 95.6 Å². The van der Waals surface area contributed by atoms with Crippen molar-refractivity contribution in [1.29, 1.82) is 0 Å². The Hall–Kier alpha value is 1.84. The van der Waals surface area contributed by atoms with E-state index in [9.17, 15) is 0 Å². The topological polar surface area (TPSA) is 0 Å². The Bertz CT molecular complexity index is 481. The van der Waals surface area contributed by atoms with Gasteiger partial charge in [-0.1, -0.05) is 138 Å². The van der Waals surface area contributed by atoms with Gasteiger partial charge in [0.1, 0.15) is 6.47 Å². The SMILES string of the molecule is BrC1C=CC(Br)(Cc2ccccc2)C(Br)(Br)C1(Br)Br. The van der Waals surface area contributed by atoms with Gasteiger partial charge in [-0.3, -0.25) is 0 Å². The summed E-state index contributed by atoms with van der Waals surface area (Å²) in [6.45, 7) is 0. The van der Waals surface area contributed by atoms with Gasteiger partial charge in [-0.2, -0.15) is 0 Å². The van der Waals surface area contributed by atoms with Crippen LogP contribution in [-0.2, 0) is 6.42 Å². The first-order chi connectivity index (χ1) is 8.71. The van der Waals surface area contributed by atoms with Crippen molar-refractivity contribution in [3.05, 3.63) is 48.0 Å². The lowest BCUT2D eigenvalue weighted by Gasteiger charge is -2.49. The van der Waals surface area contributed by atoms with E-state index in [1.807, 2.05) is 6.07 Å². The molecule has 6 heteroatoms. The van der Waals surface area contributed by atoms with Gasteiger partial charge in [-0.05, 0) is 12.0 Å². The molecule has 1 aromatic carbocycles. The number of rotatable bonds is 2. The van der Waals surface area contributed by atoms with Gasteiger partial charge in [0.25, 0.3) is 0 Å². The third kappa shape index (κ3) is 3.14. The summed E-state index contributed by atoms with van der Waals surface area (Å²) >= 11 is 22.7. The van der Waals surface area contributed by atoms with E-state index in [2.05, 4.69) is 132 Å². The van der Waals surface area contributed by atoms with Crippen LogP contribution in [0.2, 0.25) is 0 Å². The van der Waals surface area contributed by atoms with E-state index in [0.29, 0.717) is 0 Å². The molecule has 2 unspecified atom stereocenters. The standard InChI is InChI=1S/C13H10Br6/c14-10-6-7-11(15,13(18,19)12(10,16)17)8-9-4-2-1-3-5-9/h1-7,10H,8H2. The highest BCUT2D eigenvalue weighted by Gasteiger charge is 2.61. The fraction of sp³-hybridized carbons (Fsp3) is 0.385. The lowest BCUT2D eigenvalue weighted by molar-refractivity contribution is 0.596. The third-order valence-corrected chi connectivity index (χ3v) is 14.5. The molecule has 0 aliphatic heterocycles. The maximum absolute atomic E-state index is 3.90. The molecule has 0 aromatic heterocycles. The summed E-state index contributed by atoms with van der Waals surface area (Å²) in [5.74, 6) is 0. The van der Waals surface area contributed by atoms with E-state index >= 15 is 0 Å². The molecule has 1 aromatic rings. The van der Waals surface area contributed by atoms with Crippen molar-refractivity contribution in [2.24, 2.45) is 0 Å². The molecule has 0 fully saturated rings. The zero-order valence-electron chi connectivity index (χ0n) is 9.59. The minimum absolute atomic E-state index is 0.153. The predicted molar refractivity (Wildman–Crippen MR) is 105 cm³/mol. The van der Waals surface area contributed by atoms with E-state index in [1.54, 1.807) is 0 Å². The Morgan fingerprint density at radius 3 is 2.11 bits per heavy atom. The maximum Gasteiger partial charge on any atom is 0.126 e. The van der Waals surface area contributed by atoms with Crippen LogP contribution in [0.3, 0.4) is 0 Å². The van der Waals surface area contributed by atoms with Crippen LogP contribution in [0.15, 0.2) is 42.5 Å². The fourth-order valence-corrected chi connectivity index (χ4v) is 6.46. The number of benzene rings is 1. The monoisotopic (exact) mass is 640 g/mol. The van der Waals surface area contributed by atoms with Crippen LogP contribution in [-0.4, -0.2) is 15.6 Å². The largest absolute Gasteiger partial charge is 0.126 e. The lowest BCUT2D eigenvalue weighted by Crippen LogP contribution is -2.57. The predicted octanol–water partition coefficient (Wildman–Crippen LogP) is 6.67. The molecule has 2 rings (SSSR count).